The van der Waals surface area contributed by atoms with E-state index in [1.807, 2.05) is 0 Å². The fourth-order valence-corrected chi connectivity index (χ4v) is 3.57. The van der Waals surface area contributed by atoms with E-state index in [0.717, 1.165) is 19.5 Å². The lowest BCUT2D eigenvalue weighted by molar-refractivity contribution is 0.243. The number of nitrogens with one attached hydrogen (secondary N) is 1. The van der Waals surface area contributed by atoms with Gasteiger partial charge in [-0.3, -0.25) is 4.68 Å². The summed E-state index contributed by atoms with van der Waals surface area (Å²) in [5.74, 6) is 0. The van der Waals surface area contributed by atoms with E-state index in [1.54, 1.807) is 0 Å². The molecule has 1 saturated carbocycles. The molecule has 21 heavy (non-hydrogen) atoms. The molecule has 3 nitrogen and oxygen atoms in total. The van der Waals surface area contributed by atoms with Gasteiger partial charge in [0.15, 0.2) is 0 Å². The van der Waals surface area contributed by atoms with Crippen LogP contribution in [0.5, 0.6) is 0 Å². The summed E-state index contributed by atoms with van der Waals surface area (Å²) in [7, 11) is 0. The van der Waals surface area contributed by atoms with Crippen molar-refractivity contribution in [2.24, 2.45) is 5.41 Å². The molecule has 0 saturated heterocycles. The zero-order valence-electron chi connectivity index (χ0n) is 14.2. The van der Waals surface area contributed by atoms with Crippen LogP contribution in [0.25, 0.3) is 0 Å². The van der Waals surface area contributed by atoms with E-state index in [1.165, 1.54) is 50.6 Å². The lowest BCUT2D eigenvalue weighted by atomic mass is 9.78. The molecular formula is C18H33N3. The summed E-state index contributed by atoms with van der Waals surface area (Å²) in [6.07, 6.45) is 12.3. The van der Waals surface area contributed by atoms with Crippen LogP contribution < -0.4 is 5.32 Å². The van der Waals surface area contributed by atoms with Crippen molar-refractivity contribution >= 4 is 0 Å². The Labute approximate surface area is 130 Å². The number of hydrogen-bond acceptors (Lipinski definition) is 2. The fraction of sp³-hybridized carbons (Fsp3) is 0.833. The maximum absolute atomic E-state index is 4.89. The number of nitrogens with zero attached hydrogens (tertiary/aromatic N) is 2. The van der Waals surface area contributed by atoms with Crippen molar-refractivity contribution < 1.29 is 0 Å². The van der Waals surface area contributed by atoms with Crippen molar-refractivity contribution in [1.29, 1.82) is 0 Å². The molecule has 0 amide bonds. The second kappa shape index (κ2) is 7.98. The first-order chi connectivity index (χ1) is 10.2. The fourth-order valence-electron chi connectivity index (χ4n) is 3.57. The summed E-state index contributed by atoms with van der Waals surface area (Å²) in [4.78, 5) is 0. The van der Waals surface area contributed by atoms with Gasteiger partial charge >= 0.3 is 0 Å². The maximum atomic E-state index is 4.89. The summed E-state index contributed by atoms with van der Waals surface area (Å²) in [6, 6.07) is 2.91. The van der Waals surface area contributed by atoms with Crippen LogP contribution in [0.1, 0.15) is 77.5 Å². The van der Waals surface area contributed by atoms with Gasteiger partial charge in [0.25, 0.3) is 0 Å². The summed E-state index contributed by atoms with van der Waals surface area (Å²) in [6.45, 7) is 9.12. The summed E-state index contributed by atoms with van der Waals surface area (Å²) < 4.78 is 2.23. The van der Waals surface area contributed by atoms with Crippen LogP contribution in [0.4, 0.5) is 0 Å². The van der Waals surface area contributed by atoms with Crippen molar-refractivity contribution in [2.45, 2.75) is 78.2 Å². The van der Waals surface area contributed by atoms with Gasteiger partial charge in [0.1, 0.15) is 0 Å². The summed E-state index contributed by atoms with van der Waals surface area (Å²) in [5.41, 5.74) is 1.65. The van der Waals surface area contributed by atoms with E-state index in [-0.39, 0.29) is 0 Å². The molecule has 1 heterocycles. The Morgan fingerprint density at radius 3 is 2.57 bits per heavy atom. The van der Waals surface area contributed by atoms with Crippen molar-refractivity contribution in [1.82, 2.24) is 15.1 Å². The third-order valence-corrected chi connectivity index (χ3v) is 5.35. The van der Waals surface area contributed by atoms with E-state index in [0.29, 0.717) is 11.5 Å². The molecule has 120 valence electrons. The van der Waals surface area contributed by atoms with Gasteiger partial charge in [0.2, 0.25) is 0 Å². The van der Waals surface area contributed by atoms with E-state index in [9.17, 15) is 0 Å². The Morgan fingerprint density at radius 1 is 1.24 bits per heavy atom. The lowest BCUT2D eigenvalue weighted by Gasteiger charge is -2.31. The van der Waals surface area contributed by atoms with E-state index >= 15 is 0 Å². The van der Waals surface area contributed by atoms with Gasteiger partial charge < -0.3 is 5.32 Å². The van der Waals surface area contributed by atoms with Crippen LogP contribution in [-0.2, 0) is 6.42 Å². The van der Waals surface area contributed by atoms with Crippen molar-refractivity contribution in [3.05, 3.63) is 18.0 Å². The Hall–Kier alpha value is -0.830. The number of aromatic nitrogens is 2. The Balaban J connectivity index is 1.98. The van der Waals surface area contributed by atoms with Crippen LogP contribution in [0.15, 0.2) is 12.3 Å². The van der Waals surface area contributed by atoms with E-state index in [4.69, 9.17) is 5.10 Å². The second-order valence-corrected chi connectivity index (χ2v) is 6.79. The molecule has 1 aliphatic rings. The number of rotatable bonds is 9. The first-order valence-corrected chi connectivity index (χ1v) is 8.97. The molecular weight excluding hydrogens is 258 g/mol. The van der Waals surface area contributed by atoms with Crippen LogP contribution in [0.2, 0.25) is 0 Å². The minimum atomic E-state index is 0.365. The average Bonchev–Trinajstić information content (AvgIpc) is 3.17. The molecule has 1 aromatic rings. The SMILES string of the molecule is CCCNCC(CC)(CC)Cc1ccn(C2CCCC2)n1. The van der Waals surface area contributed by atoms with Gasteiger partial charge in [-0.2, -0.15) is 5.10 Å². The minimum Gasteiger partial charge on any atom is -0.316 e. The van der Waals surface area contributed by atoms with Crippen molar-refractivity contribution in [3.63, 3.8) is 0 Å². The van der Waals surface area contributed by atoms with Gasteiger partial charge in [-0.25, -0.2) is 0 Å². The highest BCUT2D eigenvalue weighted by Crippen LogP contribution is 2.32. The van der Waals surface area contributed by atoms with E-state index < -0.39 is 0 Å². The molecule has 0 atom stereocenters. The average molecular weight is 291 g/mol. The topological polar surface area (TPSA) is 29.9 Å². The highest BCUT2D eigenvalue weighted by molar-refractivity contribution is 5.04. The van der Waals surface area contributed by atoms with Crippen LogP contribution in [0, 0.1) is 5.41 Å². The first-order valence-electron chi connectivity index (χ1n) is 8.97. The van der Waals surface area contributed by atoms with Gasteiger partial charge in [-0.1, -0.05) is 33.6 Å². The molecule has 1 N–H and O–H groups in total. The standard InChI is InChI=1S/C18H33N3/c1-4-12-19-15-18(5-2,6-3)14-16-11-13-21(20-16)17-9-7-8-10-17/h11,13,17,19H,4-10,12,14-15H2,1-3H3. The van der Waals surface area contributed by atoms with Gasteiger partial charge in [0, 0.05) is 12.7 Å². The van der Waals surface area contributed by atoms with Crippen molar-refractivity contribution in [3.8, 4) is 0 Å². The summed E-state index contributed by atoms with van der Waals surface area (Å²) >= 11 is 0. The Bertz CT molecular complexity index is 400. The molecule has 1 aliphatic carbocycles. The second-order valence-electron chi connectivity index (χ2n) is 6.79. The molecule has 0 unspecified atom stereocenters. The minimum absolute atomic E-state index is 0.365. The van der Waals surface area contributed by atoms with E-state index in [2.05, 4.69) is 43.0 Å². The van der Waals surface area contributed by atoms with Gasteiger partial charge in [-0.15, -0.1) is 0 Å². The zero-order chi connectivity index (χ0) is 15.1. The lowest BCUT2D eigenvalue weighted by Crippen LogP contribution is -2.36. The molecule has 0 aromatic carbocycles. The summed E-state index contributed by atoms with van der Waals surface area (Å²) in [5, 5.41) is 8.52. The van der Waals surface area contributed by atoms with Crippen LogP contribution in [0.3, 0.4) is 0 Å². The normalized spacial score (nSPS) is 16.7. The zero-order valence-corrected chi connectivity index (χ0v) is 14.2. The Morgan fingerprint density at radius 2 is 1.95 bits per heavy atom. The smallest absolute Gasteiger partial charge is 0.0630 e. The largest absolute Gasteiger partial charge is 0.316 e. The van der Waals surface area contributed by atoms with Crippen LogP contribution in [-0.4, -0.2) is 22.9 Å². The first kappa shape index (κ1) is 16.5. The molecule has 0 aliphatic heterocycles. The molecule has 0 spiro atoms. The molecule has 1 fully saturated rings. The molecule has 0 bridgehead atoms. The van der Waals surface area contributed by atoms with Gasteiger partial charge in [0.05, 0.1) is 11.7 Å². The number of hydrogen-bond donors (Lipinski definition) is 1. The molecule has 2 rings (SSSR count). The molecule has 0 radical (unpaired) electrons. The molecule has 1 aromatic heterocycles. The third kappa shape index (κ3) is 4.32. The highest BCUT2D eigenvalue weighted by Gasteiger charge is 2.27. The predicted molar refractivity (Wildman–Crippen MR) is 89.6 cm³/mol. The maximum Gasteiger partial charge on any atom is 0.0630 e. The van der Waals surface area contributed by atoms with Crippen LogP contribution >= 0.6 is 0 Å². The van der Waals surface area contributed by atoms with Gasteiger partial charge in [-0.05, 0) is 56.6 Å². The predicted octanol–water partition coefficient (Wildman–Crippen LogP) is 4.35. The van der Waals surface area contributed by atoms with Crippen molar-refractivity contribution in [2.75, 3.05) is 13.1 Å². The Kier molecular flexibility index (Phi) is 6.28. The monoisotopic (exact) mass is 291 g/mol. The highest BCUT2D eigenvalue weighted by atomic mass is 15.3. The third-order valence-electron chi connectivity index (χ3n) is 5.35. The quantitative estimate of drug-likeness (QED) is 0.686. The molecule has 3 heteroatoms.